The molecule has 0 saturated heterocycles. The van der Waals surface area contributed by atoms with Crippen LogP contribution < -0.4 is 10.5 Å². The van der Waals surface area contributed by atoms with Crippen molar-refractivity contribution in [2.24, 2.45) is 0 Å². The standard InChI is InChI=1S/C8H13N3O/c1-5(2)6-4-7(9)11-8(10-6)12-3/h4-5H,1-3H3,(H2,9,10,11). The van der Waals surface area contributed by atoms with Gasteiger partial charge >= 0.3 is 6.01 Å². The zero-order valence-corrected chi connectivity index (χ0v) is 7.53. The Labute approximate surface area is 71.8 Å². The minimum Gasteiger partial charge on any atom is -0.467 e. The fraction of sp³-hybridized carbons (Fsp3) is 0.500. The first-order valence-corrected chi connectivity index (χ1v) is 3.82. The van der Waals surface area contributed by atoms with Crippen LogP contribution >= 0.6 is 0 Å². The number of methoxy groups -OCH3 is 1. The van der Waals surface area contributed by atoms with Gasteiger partial charge in [0.25, 0.3) is 0 Å². The number of hydrogen-bond acceptors (Lipinski definition) is 4. The number of nitrogens with zero attached hydrogens (tertiary/aromatic N) is 2. The van der Waals surface area contributed by atoms with E-state index in [1.165, 1.54) is 7.11 Å². The molecule has 0 spiro atoms. The Morgan fingerprint density at radius 3 is 2.58 bits per heavy atom. The molecule has 4 nitrogen and oxygen atoms in total. The van der Waals surface area contributed by atoms with Crippen molar-refractivity contribution in [1.29, 1.82) is 0 Å². The van der Waals surface area contributed by atoms with E-state index in [4.69, 9.17) is 10.5 Å². The maximum Gasteiger partial charge on any atom is 0.318 e. The van der Waals surface area contributed by atoms with Gasteiger partial charge in [-0.15, -0.1) is 0 Å². The molecule has 0 aliphatic heterocycles. The van der Waals surface area contributed by atoms with E-state index in [0.717, 1.165) is 5.69 Å². The van der Waals surface area contributed by atoms with Gasteiger partial charge in [-0.25, -0.2) is 0 Å². The largest absolute Gasteiger partial charge is 0.467 e. The highest BCUT2D eigenvalue weighted by Crippen LogP contribution is 2.16. The van der Waals surface area contributed by atoms with E-state index in [1.54, 1.807) is 6.07 Å². The first-order valence-electron chi connectivity index (χ1n) is 3.82. The lowest BCUT2D eigenvalue weighted by molar-refractivity contribution is 0.378. The van der Waals surface area contributed by atoms with Gasteiger partial charge in [-0.1, -0.05) is 13.8 Å². The summed E-state index contributed by atoms with van der Waals surface area (Å²) in [5.74, 6) is 0.787. The number of hydrogen-bond donors (Lipinski definition) is 1. The number of rotatable bonds is 2. The third kappa shape index (κ3) is 1.84. The van der Waals surface area contributed by atoms with Crippen molar-refractivity contribution >= 4 is 5.82 Å². The predicted molar refractivity (Wildman–Crippen MR) is 47.1 cm³/mol. The summed E-state index contributed by atoms with van der Waals surface area (Å²) in [4.78, 5) is 8.02. The van der Waals surface area contributed by atoms with Gasteiger partial charge in [0, 0.05) is 6.07 Å². The molecule has 1 aromatic rings. The van der Waals surface area contributed by atoms with E-state index in [1.807, 2.05) is 13.8 Å². The van der Waals surface area contributed by atoms with Crippen LogP contribution in [0.25, 0.3) is 0 Å². The highest BCUT2D eigenvalue weighted by molar-refractivity contribution is 5.32. The maximum absolute atomic E-state index is 5.54. The molecule has 0 aliphatic rings. The Morgan fingerprint density at radius 1 is 1.42 bits per heavy atom. The van der Waals surface area contributed by atoms with Crippen LogP contribution in [0.2, 0.25) is 0 Å². The molecular formula is C8H13N3O. The first kappa shape index (κ1) is 8.77. The molecule has 2 N–H and O–H groups in total. The molecule has 0 atom stereocenters. The van der Waals surface area contributed by atoms with Crippen molar-refractivity contribution in [2.75, 3.05) is 12.8 Å². The van der Waals surface area contributed by atoms with E-state index >= 15 is 0 Å². The molecule has 0 aliphatic carbocycles. The van der Waals surface area contributed by atoms with Crippen molar-refractivity contribution in [1.82, 2.24) is 9.97 Å². The Kier molecular flexibility index (Phi) is 2.47. The Hall–Kier alpha value is -1.32. The molecule has 1 heterocycles. The molecular weight excluding hydrogens is 154 g/mol. The monoisotopic (exact) mass is 167 g/mol. The second-order valence-corrected chi connectivity index (χ2v) is 2.86. The van der Waals surface area contributed by atoms with Crippen LogP contribution in [0, 0.1) is 0 Å². The summed E-state index contributed by atoms with van der Waals surface area (Å²) in [5.41, 5.74) is 6.44. The van der Waals surface area contributed by atoms with Crippen LogP contribution in [0.4, 0.5) is 5.82 Å². The zero-order valence-electron chi connectivity index (χ0n) is 7.53. The Balaban J connectivity index is 3.06. The molecule has 0 fully saturated rings. The van der Waals surface area contributed by atoms with Crippen LogP contribution in [-0.4, -0.2) is 17.1 Å². The SMILES string of the molecule is COc1nc(N)cc(C(C)C)n1. The summed E-state index contributed by atoms with van der Waals surface area (Å²) in [7, 11) is 1.53. The average molecular weight is 167 g/mol. The van der Waals surface area contributed by atoms with Crippen LogP contribution in [0.1, 0.15) is 25.5 Å². The molecule has 0 amide bonds. The van der Waals surface area contributed by atoms with E-state index < -0.39 is 0 Å². The fourth-order valence-corrected chi connectivity index (χ4v) is 0.849. The normalized spacial score (nSPS) is 10.3. The summed E-state index contributed by atoms with van der Waals surface area (Å²) in [6.45, 7) is 4.09. The van der Waals surface area contributed by atoms with Crippen LogP contribution in [0.5, 0.6) is 6.01 Å². The number of anilines is 1. The minimum atomic E-state index is 0.332. The van der Waals surface area contributed by atoms with Crippen LogP contribution in [-0.2, 0) is 0 Å². The van der Waals surface area contributed by atoms with Gasteiger partial charge in [-0.05, 0) is 5.92 Å². The lowest BCUT2D eigenvalue weighted by Gasteiger charge is -2.06. The fourth-order valence-electron chi connectivity index (χ4n) is 0.849. The van der Waals surface area contributed by atoms with Gasteiger partial charge in [-0.3, -0.25) is 0 Å². The summed E-state index contributed by atoms with van der Waals surface area (Å²) < 4.78 is 4.88. The molecule has 1 aromatic heterocycles. The Morgan fingerprint density at radius 2 is 2.08 bits per heavy atom. The lowest BCUT2D eigenvalue weighted by atomic mass is 10.1. The van der Waals surface area contributed by atoms with Crippen LogP contribution in [0.15, 0.2) is 6.07 Å². The number of nitrogens with two attached hydrogens (primary N) is 1. The van der Waals surface area contributed by atoms with Gasteiger partial charge in [0.15, 0.2) is 0 Å². The molecule has 0 unspecified atom stereocenters. The highest BCUT2D eigenvalue weighted by atomic mass is 16.5. The van der Waals surface area contributed by atoms with Crippen molar-refractivity contribution in [3.8, 4) is 6.01 Å². The van der Waals surface area contributed by atoms with Crippen molar-refractivity contribution < 1.29 is 4.74 Å². The van der Waals surface area contributed by atoms with Crippen molar-refractivity contribution in [3.63, 3.8) is 0 Å². The van der Waals surface area contributed by atoms with Crippen LogP contribution in [0.3, 0.4) is 0 Å². The van der Waals surface area contributed by atoms with Gasteiger partial charge in [0.2, 0.25) is 0 Å². The van der Waals surface area contributed by atoms with E-state index in [-0.39, 0.29) is 0 Å². The highest BCUT2D eigenvalue weighted by Gasteiger charge is 2.05. The average Bonchev–Trinajstić information content (AvgIpc) is 2.03. The molecule has 4 heteroatoms. The molecule has 66 valence electrons. The quantitative estimate of drug-likeness (QED) is 0.718. The topological polar surface area (TPSA) is 61.0 Å². The molecule has 0 radical (unpaired) electrons. The summed E-state index contributed by atoms with van der Waals surface area (Å²) >= 11 is 0. The zero-order chi connectivity index (χ0) is 9.14. The second-order valence-electron chi connectivity index (χ2n) is 2.86. The number of aromatic nitrogens is 2. The van der Waals surface area contributed by atoms with Crippen molar-refractivity contribution in [3.05, 3.63) is 11.8 Å². The Bertz CT molecular complexity index is 273. The van der Waals surface area contributed by atoms with Gasteiger partial charge in [0.05, 0.1) is 12.8 Å². The molecule has 1 rings (SSSR count). The molecule has 12 heavy (non-hydrogen) atoms. The summed E-state index contributed by atoms with van der Waals surface area (Å²) in [6, 6.07) is 2.09. The maximum atomic E-state index is 5.54. The van der Waals surface area contributed by atoms with Gasteiger partial charge < -0.3 is 10.5 Å². The van der Waals surface area contributed by atoms with Gasteiger partial charge in [-0.2, -0.15) is 9.97 Å². The molecule has 0 saturated carbocycles. The smallest absolute Gasteiger partial charge is 0.318 e. The predicted octanol–water partition coefficient (Wildman–Crippen LogP) is 1.19. The third-order valence-corrected chi connectivity index (χ3v) is 1.52. The van der Waals surface area contributed by atoms with E-state index in [9.17, 15) is 0 Å². The summed E-state index contributed by atoms with van der Waals surface area (Å²) in [6.07, 6.45) is 0. The number of ether oxygens (including phenoxy) is 1. The second kappa shape index (κ2) is 3.38. The summed E-state index contributed by atoms with van der Waals surface area (Å²) in [5, 5.41) is 0. The van der Waals surface area contributed by atoms with E-state index in [2.05, 4.69) is 9.97 Å². The minimum absolute atomic E-state index is 0.332. The third-order valence-electron chi connectivity index (χ3n) is 1.52. The molecule has 0 aromatic carbocycles. The lowest BCUT2D eigenvalue weighted by Crippen LogP contribution is -2.01. The van der Waals surface area contributed by atoms with Gasteiger partial charge in [0.1, 0.15) is 5.82 Å². The first-order chi connectivity index (χ1) is 5.63. The van der Waals surface area contributed by atoms with Crippen molar-refractivity contribution in [2.45, 2.75) is 19.8 Å². The molecule has 0 bridgehead atoms. The number of nitrogen functional groups attached to an aromatic ring is 1. The van der Waals surface area contributed by atoms with E-state index in [0.29, 0.717) is 17.7 Å².